The van der Waals surface area contributed by atoms with Crippen molar-refractivity contribution < 1.29 is 4.39 Å². The number of benzene rings is 1. The van der Waals surface area contributed by atoms with Gasteiger partial charge < -0.3 is 5.32 Å². The molecule has 1 heterocycles. The molecule has 0 radical (unpaired) electrons. The molecular weight excluding hydrogens is 223 g/mol. The van der Waals surface area contributed by atoms with Gasteiger partial charge in [-0.3, -0.25) is 0 Å². The highest BCUT2D eigenvalue weighted by atomic mass is 32.1. The van der Waals surface area contributed by atoms with Crippen molar-refractivity contribution in [3.05, 3.63) is 46.2 Å². The molecule has 1 unspecified atom stereocenters. The maximum Gasteiger partial charge on any atom is 0.125 e. The van der Waals surface area contributed by atoms with Crippen molar-refractivity contribution in [1.82, 2.24) is 4.98 Å². The van der Waals surface area contributed by atoms with Crippen LogP contribution in [0.4, 0.5) is 10.1 Å². The summed E-state index contributed by atoms with van der Waals surface area (Å²) in [6.07, 6.45) is 0. The Morgan fingerprint density at radius 2 is 2.25 bits per heavy atom. The summed E-state index contributed by atoms with van der Waals surface area (Å²) in [4.78, 5) is 4.23. The Hall–Kier alpha value is -1.42. The number of nitrogens with zero attached hydrogens (tertiary/aromatic N) is 1. The first-order valence-corrected chi connectivity index (χ1v) is 6.02. The van der Waals surface area contributed by atoms with Gasteiger partial charge in [0.1, 0.15) is 5.82 Å². The highest BCUT2D eigenvalue weighted by Gasteiger charge is 2.08. The van der Waals surface area contributed by atoms with E-state index in [1.807, 2.05) is 19.2 Å². The Kier molecular flexibility index (Phi) is 3.19. The van der Waals surface area contributed by atoms with Crippen molar-refractivity contribution in [3.63, 3.8) is 0 Å². The Balaban J connectivity index is 2.17. The van der Waals surface area contributed by atoms with E-state index in [0.29, 0.717) is 0 Å². The molecule has 0 aliphatic carbocycles. The number of thiazole rings is 1. The summed E-state index contributed by atoms with van der Waals surface area (Å²) < 4.78 is 13.1. The quantitative estimate of drug-likeness (QED) is 0.877. The van der Waals surface area contributed by atoms with E-state index in [9.17, 15) is 4.39 Å². The Morgan fingerprint density at radius 1 is 1.44 bits per heavy atom. The van der Waals surface area contributed by atoms with Crippen LogP contribution in [-0.2, 0) is 0 Å². The summed E-state index contributed by atoms with van der Waals surface area (Å²) >= 11 is 1.56. The molecule has 4 heteroatoms. The SMILES string of the molecule is Cc1ccc(F)cc1NC(C)c1cscn1. The van der Waals surface area contributed by atoms with Gasteiger partial charge in [-0.2, -0.15) is 0 Å². The van der Waals surface area contributed by atoms with Crippen LogP contribution >= 0.6 is 11.3 Å². The van der Waals surface area contributed by atoms with Crippen LogP contribution in [0.3, 0.4) is 0 Å². The summed E-state index contributed by atoms with van der Waals surface area (Å²) in [7, 11) is 0. The molecule has 1 atom stereocenters. The first kappa shape index (κ1) is 11.1. The van der Waals surface area contributed by atoms with E-state index in [1.54, 1.807) is 22.9 Å². The summed E-state index contributed by atoms with van der Waals surface area (Å²) in [5.74, 6) is -0.224. The van der Waals surface area contributed by atoms with Crippen molar-refractivity contribution in [3.8, 4) is 0 Å². The molecule has 84 valence electrons. The van der Waals surface area contributed by atoms with Gasteiger partial charge in [-0.1, -0.05) is 6.07 Å². The van der Waals surface area contributed by atoms with Crippen molar-refractivity contribution in [2.45, 2.75) is 19.9 Å². The van der Waals surface area contributed by atoms with Gasteiger partial charge >= 0.3 is 0 Å². The van der Waals surface area contributed by atoms with Crippen LogP contribution in [-0.4, -0.2) is 4.98 Å². The number of hydrogen-bond donors (Lipinski definition) is 1. The third kappa shape index (κ3) is 2.39. The van der Waals surface area contributed by atoms with E-state index in [1.165, 1.54) is 12.1 Å². The van der Waals surface area contributed by atoms with E-state index < -0.39 is 0 Å². The van der Waals surface area contributed by atoms with Gasteiger partial charge in [0.05, 0.1) is 17.2 Å². The molecule has 0 bridgehead atoms. The number of nitrogens with one attached hydrogen (secondary N) is 1. The Morgan fingerprint density at radius 3 is 2.94 bits per heavy atom. The van der Waals surface area contributed by atoms with Crippen molar-refractivity contribution in [2.75, 3.05) is 5.32 Å². The van der Waals surface area contributed by atoms with Crippen LogP contribution in [0.15, 0.2) is 29.1 Å². The first-order chi connectivity index (χ1) is 7.66. The number of aromatic nitrogens is 1. The van der Waals surface area contributed by atoms with Crippen molar-refractivity contribution >= 4 is 17.0 Å². The minimum Gasteiger partial charge on any atom is -0.377 e. The van der Waals surface area contributed by atoms with Gasteiger partial charge in [-0.15, -0.1) is 11.3 Å². The fraction of sp³-hybridized carbons (Fsp3) is 0.250. The zero-order valence-corrected chi connectivity index (χ0v) is 10.0. The lowest BCUT2D eigenvalue weighted by Gasteiger charge is -2.15. The Bertz CT molecular complexity index is 468. The molecule has 0 fully saturated rings. The van der Waals surface area contributed by atoms with Crippen molar-refractivity contribution in [2.24, 2.45) is 0 Å². The highest BCUT2D eigenvalue weighted by molar-refractivity contribution is 7.07. The summed E-state index contributed by atoms with van der Waals surface area (Å²) in [6.45, 7) is 3.97. The number of rotatable bonds is 3. The minimum atomic E-state index is -0.224. The number of anilines is 1. The van der Waals surface area contributed by atoms with Gasteiger partial charge in [0.15, 0.2) is 0 Å². The molecule has 2 nitrogen and oxygen atoms in total. The van der Waals surface area contributed by atoms with E-state index in [0.717, 1.165) is 16.9 Å². The monoisotopic (exact) mass is 236 g/mol. The van der Waals surface area contributed by atoms with Crippen LogP contribution in [0.1, 0.15) is 24.2 Å². The molecule has 2 rings (SSSR count). The second-order valence-corrected chi connectivity index (χ2v) is 4.46. The average Bonchev–Trinajstić information content (AvgIpc) is 2.76. The van der Waals surface area contributed by atoms with Crippen LogP contribution in [0.2, 0.25) is 0 Å². The molecule has 0 aliphatic heterocycles. The van der Waals surface area contributed by atoms with Gasteiger partial charge in [0, 0.05) is 11.1 Å². The number of hydrogen-bond acceptors (Lipinski definition) is 3. The summed E-state index contributed by atoms with van der Waals surface area (Å²) in [6, 6.07) is 4.84. The largest absolute Gasteiger partial charge is 0.377 e. The lowest BCUT2D eigenvalue weighted by Crippen LogP contribution is -2.08. The van der Waals surface area contributed by atoms with Crippen LogP contribution < -0.4 is 5.32 Å². The zero-order chi connectivity index (χ0) is 11.5. The molecule has 0 spiro atoms. The number of halogens is 1. The smallest absolute Gasteiger partial charge is 0.125 e. The second-order valence-electron chi connectivity index (χ2n) is 3.74. The fourth-order valence-electron chi connectivity index (χ4n) is 1.49. The molecule has 2 aromatic rings. The third-order valence-corrected chi connectivity index (χ3v) is 3.07. The molecule has 1 aromatic carbocycles. The zero-order valence-electron chi connectivity index (χ0n) is 9.20. The van der Waals surface area contributed by atoms with Gasteiger partial charge in [0.25, 0.3) is 0 Å². The van der Waals surface area contributed by atoms with E-state index >= 15 is 0 Å². The molecule has 1 aromatic heterocycles. The predicted molar refractivity (Wildman–Crippen MR) is 65.3 cm³/mol. The molecule has 1 N–H and O–H groups in total. The van der Waals surface area contributed by atoms with E-state index in [2.05, 4.69) is 10.3 Å². The molecule has 16 heavy (non-hydrogen) atoms. The maximum atomic E-state index is 13.1. The third-order valence-electron chi connectivity index (χ3n) is 2.47. The average molecular weight is 236 g/mol. The predicted octanol–water partition coefficient (Wildman–Crippen LogP) is 3.76. The summed E-state index contributed by atoms with van der Waals surface area (Å²) in [5.41, 5.74) is 4.63. The molecule has 0 aliphatic rings. The first-order valence-electron chi connectivity index (χ1n) is 5.07. The molecule has 0 saturated carbocycles. The number of aryl methyl sites for hydroxylation is 1. The van der Waals surface area contributed by atoms with Crippen LogP contribution in [0, 0.1) is 12.7 Å². The normalized spacial score (nSPS) is 12.4. The van der Waals surface area contributed by atoms with E-state index in [4.69, 9.17) is 0 Å². The standard InChI is InChI=1S/C12H13FN2S/c1-8-3-4-10(13)5-11(8)15-9(2)12-6-16-7-14-12/h3-7,9,15H,1-2H3. The lowest BCUT2D eigenvalue weighted by molar-refractivity contribution is 0.627. The van der Waals surface area contributed by atoms with E-state index in [-0.39, 0.29) is 11.9 Å². The minimum absolute atomic E-state index is 0.0896. The second kappa shape index (κ2) is 4.61. The lowest BCUT2D eigenvalue weighted by atomic mass is 10.1. The molecule has 0 saturated heterocycles. The van der Waals surface area contributed by atoms with Crippen molar-refractivity contribution in [1.29, 1.82) is 0 Å². The van der Waals surface area contributed by atoms with Gasteiger partial charge in [0.2, 0.25) is 0 Å². The van der Waals surface area contributed by atoms with Crippen LogP contribution in [0.25, 0.3) is 0 Å². The maximum absolute atomic E-state index is 13.1. The highest BCUT2D eigenvalue weighted by Crippen LogP contribution is 2.22. The van der Waals surface area contributed by atoms with Crippen LogP contribution in [0.5, 0.6) is 0 Å². The topological polar surface area (TPSA) is 24.9 Å². The molecule has 0 amide bonds. The molecular formula is C12H13FN2S. The van der Waals surface area contributed by atoms with Gasteiger partial charge in [-0.25, -0.2) is 9.37 Å². The van der Waals surface area contributed by atoms with Gasteiger partial charge in [-0.05, 0) is 31.5 Å². The Labute approximate surface area is 98.2 Å². The fourth-order valence-corrected chi connectivity index (χ4v) is 2.14. The summed E-state index contributed by atoms with van der Waals surface area (Å²) in [5, 5.41) is 5.25.